The Morgan fingerprint density at radius 1 is 0.850 bits per heavy atom. The van der Waals surface area contributed by atoms with Gasteiger partial charge in [-0.3, -0.25) is 0 Å². The van der Waals surface area contributed by atoms with Crippen LogP contribution in [0.4, 0.5) is 0 Å². The summed E-state index contributed by atoms with van der Waals surface area (Å²) in [5.41, 5.74) is 1.39. The van der Waals surface area contributed by atoms with E-state index in [0.717, 1.165) is 13.1 Å². The van der Waals surface area contributed by atoms with Gasteiger partial charge in [-0.05, 0) is 52.2 Å². The normalized spacial score (nSPS) is 11.2. The van der Waals surface area contributed by atoms with Crippen LogP contribution in [-0.4, -0.2) is 6.54 Å². The molecule has 3 aromatic carbocycles. The smallest absolute Gasteiger partial charge is 0.0211 e. The lowest BCUT2D eigenvalue weighted by Crippen LogP contribution is -2.14. The van der Waals surface area contributed by atoms with E-state index in [1.807, 2.05) is 0 Å². The Labute approximate surface area is 120 Å². The zero-order chi connectivity index (χ0) is 13.8. The number of hydrogen-bond donors (Lipinski definition) is 1. The molecule has 0 spiro atoms. The standard InChI is InChI=1S/C19H21N/c1-2-3-11-20-14-18-10-6-9-17-12-15-7-4-5-8-16(15)13-19(17)18/h4-10,12-13,20H,2-3,11,14H2,1H3. The number of fused-ring (bicyclic) bond motifs is 2. The number of unbranched alkanes of at least 4 members (excludes halogenated alkanes) is 1. The SMILES string of the molecule is CCCCNCc1cccc2cc3ccccc3cc12. The lowest BCUT2D eigenvalue weighted by molar-refractivity contribution is 0.643. The molecule has 1 heteroatoms. The summed E-state index contributed by atoms with van der Waals surface area (Å²) in [6.45, 7) is 4.28. The largest absolute Gasteiger partial charge is 0.313 e. The van der Waals surface area contributed by atoms with Crippen LogP contribution in [0.25, 0.3) is 21.5 Å². The topological polar surface area (TPSA) is 12.0 Å². The number of rotatable bonds is 5. The summed E-state index contributed by atoms with van der Waals surface area (Å²) < 4.78 is 0. The third kappa shape index (κ3) is 2.68. The van der Waals surface area contributed by atoms with Crippen LogP contribution in [-0.2, 0) is 6.54 Å². The van der Waals surface area contributed by atoms with Crippen molar-refractivity contribution in [3.8, 4) is 0 Å². The van der Waals surface area contributed by atoms with E-state index in [1.165, 1.54) is 39.9 Å². The summed E-state index contributed by atoms with van der Waals surface area (Å²) in [7, 11) is 0. The average Bonchev–Trinajstić information content (AvgIpc) is 2.50. The van der Waals surface area contributed by atoms with Crippen molar-refractivity contribution >= 4 is 21.5 Å². The first-order valence-electron chi connectivity index (χ1n) is 7.49. The van der Waals surface area contributed by atoms with E-state index in [4.69, 9.17) is 0 Å². The second-order valence-corrected chi connectivity index (χ2v) is 5.37. The molecule has 0 aromatic heterocycles. The van der Waals surface area contributed by atoms with Gasteiger partial charge in [0.1, 0.15) is 0 Å². The maximum Gasteiger partial charge on any atom is 0.0211 e. The van der Waals surface area contributed by atoms with Crippen LogP contribution in [0.3, 0.4) is 0 Å². The molecule has 3 aromatic rings. The van der Waals surface area contributed by atoms with Crippen LogP contribution in [0.5, 0.6) is 0 Å². The Morgan fingerprint density at radius 2 is 1.60 bits per heavy atom. The lowest BCUT2D eigenvalue weighted by Gasteiger charge is -2.09. The fourth-order valence-corrected chi connectivity index (χ4v) is 2.71. The Balaban J connectivity index is 1.97. The van der Waals surface area contributed by atoms with E-state index in [2.05, 4.69) is 66.8 Å². The molecule has 102 valence electrons. The van der Waals surface area contributed by atoms with Gasteiger partial charge in [0, 0.05) is 6.54 Å². The van der Waals surface area contributed by atoms with E-state index in [9.17, 15) is 0 Å². The fourth-order valence-electron chi connectivity index (χ4n) is 2.71. The van der Waals surface area contributed by atoms with Crippen LogP contribution >= 0.6 is 0 Å². The van der Waals surface area contributed by atoms with Crippen molar-refractivity contribution in [1.82, 2.24) is 5.32 Å². The molecule has 1 nitrogen and oxygen atoms in total. The van der Waals surface area contributed by atoms with Crippen molar-refractivity contribution in [3.05, 3.63) is 60.2 Å². The van der Waals surface area contributed by atoms with Gasteiger partial charge in [0.05, 0.1) is 0 Å². The summed E-state index contributed by atoms with van der Waals surface area (Å²) in [6.07, 6.45) is 2.49. The van der Waals surface area contributed by atoms with E-state index >= 15 is 0 Å². The van der Waals surface area contributed by atoms with E-state index < -0.39 is 0 Å². The molecule has 0 bridgehead atoms. The second-order valence-electron chi connectivity index (χ2n) is 5.37. The van der Waals surface area contributed by atoms with Gasteiger partial charge in [0.2, 0.25) is 0 Å². The molecule has 0 aliphatic heterocycles. The molecule has 1 N–H and O–H groups in total. The van der Waals surface area contributed by atoms with Crippen molar-refractivity contribution in [2.45, 2.75) is 26.3 Å². The maximum atomic E-state index is 3.54. The van der Waals surface area contributed by atoms with Crippen LogP contribution in [0.1, 0.15) is 25.3 Å². The van der Waals surface area contributed by atoms with Gasteiger partial charge in [0.15, 0.2) is 0 Å². The summed E-state index contributed by atoms with van der Waals surface area (Å²) in [5.74, 6) is 0. The van der Waals surface area contributed by atoms with Gasteiger partial charge in [-0.1, -0.05) is 55.8 Å². The van der Waals surface area contributed by atoms with E-state index in [-0.39, 0.29) is 0 Å². The summed E-state index contributed by atoms with van der Waals surface area (Å²) in [4.78, 5) is 0. The molecule has 3 rings (SSSR count). The molecule has 0 saturated carbocycles. The zero-order valence-corrected chi connectivity index (χ0v) is 12.0. The highest BCUT2D eigenvalue weighted by molar-refractivity contribution is 5.99. The molecule has 0 aliphatic rings. The minimum atomic E-state index is 0.954. The third-order valence-corrected chi connectivity index (χ3v) is 3.86. The summed E-state index contributed by atoms with van der Waals surface area (Å²) in [6, 6.07) is 19.8. The van der Waals surface area contributed by atoms with Crippen LogP contribution in [0, 0.1) is 0 Å². The summed E-state index contributed by atoms with van der Waals surface area (Å²) >= 11 is 0. The van der Waals surface area contributed by atoms with Gasteiger partial charge >= 0.3 is 0 Å². The quantitative estimate of drug-likeness (QED) is 0.511. The molecular formula is C19H21N. The van der Waals surface area contributed by atoms with E-state index in [1.54, 1.807) is 0 Å². The average molecular weight is 263 g/mol. The predicted octanol–water partition coefficient (Wildman–Crippen LogP) is 4.88. The first-order chi connectivity index (χ1) is 9.88. The Hall–Kier alpha value is -1.86. The highest BCUT2D eigenvalue weighted by Crippen LogP contribution is 2.25. The van der Waals surface area contributed by atoms with Crippen LogP contribution < -0.4 is 5.32 Å². The number of hydrogen-bond acceptors (Lipinski definition) is 1. The fraction of sp³-hybridized carbons (Fsp3) is 0.263. The van der Waals surface area contributed by atoms with Crippen molar-refractivity contribution in [2.75, 3.05) is 6.54 Å². The van der Waals surface area contributed by atoms with Crippen molar-refractivity contribution in [2.24, 2.45) is 0 Å². The van der Waals surface area contributed by atoms with Gasteiger partial charge in [-0.25, -0.2) is 0 Å². The molecule has 0 radical (unpaired) electrons. The second kappa shape index (κ2) is 6.06. The van der Waals surface area contributed by atoms with Crippen molar-refractivity contribution < 1.29 is 0 Å². The molecule has 0 aliphatic carbocycles. The monoisotopic (exact) mass is 263 g/mol. The maximum absolute atomic E-state index is 3.54. The first kappa shape index (κ1) is 13.1. The Morgan fingerprint density at radius 3 is 2.40 bits per heavy atom. The molecule has 0 atom stereocenters. The molecular weight excluding hydrogens is 242 g/mol. The van der Waals surface area contributed by atoms with Crippen LogP contribution in [0.2, 0.25) is 0 Å². The molecule has 0 amide bonds. The molecule has 0 heterocycles. The third-order valence-electron chi connectivity index (χ3n) is 3.86. The van der Waals surface area contributed by atoms with E-state index in [0.29, 0.717) is 0 Å². The lowest BCUT2D eigenvalue weighted by atomic mass is 10.00. The Bertz CT molecular complexity index is 715. The minimum absolute atomic E-state index is 0.954. The molecule has 0 saturated heterocycles. The van der Waals surface area contributed by atoms with Crippen molar-refractivity contribution in [1.29, 1.82) is 0 Å². The van der Waals surface area contributed by atoms with Gasteiger partial charge in [-0.15, -0.1) is 0 Å². The van der Waals surface area contributed by atoms with Gasteiger partial charge in [0.25, 0.3) is 0 Å². The summed E-state index contributed by atoms with van der Waals surface area (Å²) in [5, 5.41) is 8.88. The van der Waals surface area contributed by atoms with Crippen molar-refractivity contribution in [3.63, 3.8) is 0 Å². The molecule has 0 fully saturated rings. The van der Waals surface area contributed by atoms with Gasteiger partial charge in [-0.2, -0.15) is 0 Å². The highest BCUT2D eigenvalue weighted by Gasteiger charge is 2.02. The number of nitrogens with one attached hydrogen (secondary N) is 1. The molecule has 20 heavy (non-hydrogen) atoms. The zero-order valence-electron chi connectivity index (χ0n) is 12.0. The van der Waals surface area contributed by atoms with Crippen LogP contribution in [0.15, 0.2) is 54.6 Å². The first-order valence-corrected chi connectivity index (χ1v) is 7.49. The molecule has 0 unspecified atom stereocenters. The Kier molecular flexibility index (Phi) is 3.98. The van der Waals surface area contributed by atoms with Gasteiger partial charge < -0.3 is 5.32 Å². The minimum Gasteiger partial charge on any atom is -0.313 e. The predicted molar refractivity (Wildman–Crippen MR) is 88.1 cm³/mol. The highest BCUT2D eigenvalue weighted by atomic mass is 14.8. The number of benzene rings is 3.